The first-order chi connectivity index (χ1) is 11.7. The van der Waals surface area contributed by atoms with Crippen LogP contribution in [-0.2, 0) is 6.54 Å². The van der Waals surface area contributed by atoms with Gasteiger partial charge in [0.15, 0.2) is 0 Å². The molecular weight excluding hydrogens is 300 g/mol. The molecule has 0 bridgehead atoms. The average molecular weight is 324 g/mol. The van der Waals surface area contributed by atoms with Crippen LogP contribution < -0.4 is 16.0 Å². The fourth-order valence-corrected chi connectivity index (χ4v) is 2.92. The van der Waals surface area contributed by atoms with Gasteiger partial charge >= 0.3 is 6.03 Å². The number of benzene rings is 2. The van der Waals surface area contributed by atoms with Crippen LogP contribution in [0.2, 0.25) is 0 Å². The molecule has 24 heavy (non-hydrogen) atoms. The molecule has 0 spiro atoms. The number of rotatable bonds is 3. The van der Waals surface area contributed by atoms with Gasteiger partial charge in [-0.15, -0.1) is 0 Å². The third-order valence-electron chi connectivity index (χ3n) is 4.37. The predicted octanol–water partition coefficient (Wildman–Crippen LogP) is 2.81. The summed E-state index contributed by atoms with van der Waals surface area (Å²) in [5.74, 6) is 0. The Morgan fingerprint density at radius 1 is 1.08 bits per heavy atom. The number of hydrogen-bond acceptors (Lipinski definition) is 3. The van der Waals surface area contributed by atoms with Gasteiger partial charge in [0.05, 0.1) is 0 Å². The molecule has 5 heteroatoms. The molecule has 0 aromatic heterocycles. The zero-order valence-electron chi connectivity index (χ0n) is 14.0. The number of nitrogens with zero attached hydrogens (tertiary/aromatic N) is 2. The Labute approximate surface area is 143 Å². The smallest absolute Gasteiger partial charge is 0.321 e. The van der Waals surface area contributed by atoms with Crippen molar-refractivity contribution in [3.05, 3.63) is 59.7 Å². The molecule has 1 aliphatic rings. The van der Waals surface area contributed by atoms with Crippen molar-refractivity contribution in [3.63, 3.8) is 0 Å². The number of nitrogens with one attached hydrogen (secondary N) is 1. The summed E-state index contributed by atoms with van der Waals surface area (Å²) in [5.41, 5.74) is 9.93. The van der Waals surface area contributed by atoms with Crippen LogP contribution in [0.15, 0.2) is 48.5 Å². The van der Waals surface area contributed by atoms with E-state index in [1.54, 1.807) is 0 Å². The predicted molar refractivity (Wildman–Crippen MR) is 98.3 cm³/mol. The number of urea groups is 1. The number of carbonyl (C=O) groups excluding carboxylic acids is 1. The summed E-state index contributed by atoms with van der Waals surface area (Å²) >= 11 is 0. The monoisotopic (exact) mass is 324 g/mol. The second kappa shape index (κ2) is 7.36. The molecule has 3 N–H and O–H groups in total. The van der Waals surface area contributed by atoms with E-state index in [1.807, 2.05) is 29.2 Å². The minimum Gasteiger partial charge on any atom is -0.368 e. The van der Waals surface area contributed by atoms with Crippen molar-refractivity contribution in [1.29, 1.82) is 0 Å². The molecule has 1 heterocycles. The highest BCUT2D eigenvalue weighted by atomic mass is 16.2. The number of amides is 2. The number of anilines is 2. The van der Waals surface area contributed by atoms with E-state index in [2.05, 4.69) is 41.4 Å². The zero-order chi connectivity index (χ0) is 16.9. The molecule has 1 saturated heterocycles. The van der Waals surface area contributed by atoms with Gasteiger partial charge in [-0.3, -0.25) is 0 Å². The molecule has 2 aromatic carbocycles. The van der Waals surface area contributed by atoms with Crippen molar-refractivity contribution in [1.82, 2.24) is 4.90 Å². The maximum absolute atomic E-state index is 12.4. The third-order valence-corrected chi connectivity index (χ3v) is 4.37. The van der Waals surface area contributed by atoms with Crippen LogP contribution in [0.4, 0.5) is 16.2 Å². The highest BCUT2D eigenvalue weighted by molar-refractivity contribution is 5.89. The van der Waals surface area contributed by atoms with Crippen LogP contribution in [0.3, 0.4) is 0 Å². The van der Waals surface area contributed by atoms with Crippen LogP contribution in [0, 0.1) is 6.92 Å². The maximum Gasteiger partial charge on any atom is 0.321 e. The van der Waals surface area contributed by atoms with Crippen molar-refractivity contribution in [2.75, 3.05) is 36.4 Å². The molecule has 126 valence electrons. The molecule has 1 aliphatic heterocycles. The molecule has 2 amide bonds. The second-order valence-electron chi connectivity index (χ2n) is 6.14. The molecule has 5 nitrogen and oxygen atoms in total. The van der Waals surface area contributed by atoms with E-state index in [0.29, 0.717) is 6.54 Å². The molecule has 1 fully saturated rings. The van der Waals surface area contributed by atoms with Gasteiger partial charge in [0, 0.05) is 44.1 Å². The van der Waals surface area contributed by atoms with Gasteiger partial charge < -0.3 is 20.9 Å². The van der Waals surface area contributed by atoms with E-state index in [4.69, 9.17) is 5.73 Å². The Bertz CT molecular complexity index is 691. The first-order valence-corrected chi connectivity index (χ1v) is 8.32. The first-order valence-electron chi connectivity index (χ1n) is 8.32. The summed E-state index contributed by atoms with van der Waals surface area (Å²) in [7, 11) is 0. The summed E-state index contributed by atoms with van der Waals surface area (Å²) in [6.07, 6.45) is 0. The minimum absolute atomic E-state index is 0.0422. The Balaban J connectivity index is 1.54. The molecule has 0 radical (unpaired) electrons. The Morgan fingerprint density at radius 2 is 1.79 bits per heavy atom. The van der Waals surface area contributed by atoms with E-state index in [-0.39, 0.29) is 6.03 Å². The summed E-state index contributed by atoms with van der Waals surface area (Å²) < 4.78 is 0. The van der Waals surface area contributed by atoms with E-state index in [0.717, 1.165) is 37.4 Å². The lowest BCUT2D eigenvalue weighted by Gasteiger charge is -2.36. The van der Waals surface area contributed by atoms with Crippen LogP contribution in [0.1, 0.15) is 11.1 Å². The van der Waals surface area contributed by atoms with Gasteiger partial charge in [0.1, 0.15) is 0 Å². The molecular formula is C19H24N4O. The van der Waals surface area contributed by atoms with Gasteiger partial charge in [0.25, 0.3) is 0 Å². The fourth-order valence-electron chi connectivity index (χ4n) is 2.92. The van der Waals surface area contributed by atoms with E-state index in [1.165, 1.54) is 11.3 Å². The van der Waals surface area contributed by atoms with Gasteiger partial charge in [-0.05, 0) is 42.3 Å². The molecule has 0 aliphatic carbocycles. The standard InChI is InChI=1S/C19H24N4O/c1-15-3-2-4-18(13-15)22-9-11-23(12-10-22)19(24)21-17-7-5-16(14-20)6-8-17/h2-8,13H,9-12,14,20H2,1H3,(H,21,24). The molecule has 2 aromatic rings. The third kappa shape index (κ3) is 3.86. The normalized spacial score (nSPS) is 14.6. The number of aryl methyl sites for hydroxylation is 1. The number of piperazine rings is 1. The van der Waals surface area contributed by atoms with Crippen molar-refractivity contribution in [2.24, 2.45) is 5.73 Å². The summed E-state index contributed by atoms with van der Waals surface area (Å²) in [5, 5.41) is 2.95. The van der Waals surface area contributed by atoms with Crippen molar-refractivity contribution in [2.45, 2.75) is 13.5 Å². The Morgan fingerprint density at radius 3 is 2.42 bits per heavy atom. The highest BCUT2D eigenvalue weighted by Gasteiger charge is 2.21. The lowest BCUT2D eigenvalue weighted by molar-refractivity contribution is 0.208. The topological polar surface area (TPSA) is 61.6 Å². The summed E-state index contributed by atoms with van der Waals surface area (Å²) in [6, 6.07) is 16.1. The van der Waals surface area contributed by atoms with Crippen molar-refractivity contribution < 1.29 is 4.79 Å². The first kappa shape index (κ1) is 16.3. The van der Waals surface area contributed by atoms with Crippen LogP contribution in [-0.4, -0.2) is 37.1 Å². The van der Waals surface area contributed by atoms with E-state index in [9.17, 15) is 4.79 Å². The van der Waals surface area contributed by atoms with Crippen LogP contribution >= 0.6 is 0 Å². The van der Waals surface area contributed by atoms with Gasteiger partial charge in [-0.1, -0.05) is 24.3 Å². The van der Waals surface area contributed by atoms with Gasteiger partial charge in [-0.2, -0.15) is 0 Å². The van der Waals surface area contributed by atoms with E-state index < -0.39 is 0 Å². The second-order valence-corrected chi connectivity index (χ2v) is 6.14. The molecule has 0 unspecified atom stereocenters. The number of hydrogen-bond donors (Lipinski definition) is 2. The zero-order valence-corrected chi connectivity index (χ0v) is 14.0. The largest absolute Gasteiger partial charge is 0.368 e. The Hall–Kier alpha value is -2.53. The highest BCUT2D eigenvalue weighted by Crippen LogP contribution is 2.18. The van der Waals surface area contributed by atoms with E-state index >= 15 is 0 Å². The fraction of sp³-hybridized carbons (Fsp3) is 0.316. The van der Waals surface area contributed by atoms with Crippen molar-refractivity contribution >= 4 is 17.4 Å². The van der Waals surface area contributed by atoms with Gasteiger partial charge in [0.2, 0.25) is 0 Å². The summed E-state index contributed by atoms with van der Waals surface area (Å²) in [4.78, 5) is 16.6. The lowest BCUT2D eigenvalue weighted by atomic mass is 10.2. The lowest BCUT2D eigenvalue weighted by Crippen LogP contribution is -2.50. The maximum atomic E-state index is 12.4. The molecule has 0 saturated carbocycles. The Kier molecular flexibility index (Phi) is 5.01. The quantitative estimate of drug-likeness (QED) is 0.912. The SMILES string of the molecule is Cc1cccc(N2CCN(C(=O)Nc3ccc(CN)cc3)CC2)c1. The van der Waals surface area contributed by atoms with Crippen molar-refractivity contribution in [3.8, 4) is 0 Å². The van der Waals surface area contributed by atoms with Gasteiger partial charge in [-0.25, -0.2) is 4.79 Å². The van der Waals surface area contributed by atoms with Crippen LogP contribution in [0.25, 0.3) is 0 Å². The number of carbonyl (C=O) groups is 1. The average Bonchev–Trinajstić information content (AvgIpc) is 2.62. The molecule has 0 atom stereocenters. The minimum atomic E-state index is -0.0422. The molecule has 3 rings (SSSR count). The van der Waals surface area contributed by atoms with Crippen LogP contribution in [0.5, 0.6) is 0 Å². The number of nitrogens with two attached hydrogens (primary N) is 1. The summed E-state index contributed by atoms with van der Waals surface area (Å²) in [6.45, 7) is 5.76.